The summed E-state index contributed by atoms with van der Waals surface area (Å²) < 4.78 is 30.9. The van der Waals surface area contributed by atoms with Crippen LogP contribution in [0.3, 0.4) is 0 Å². The maximum absolute atomic E-state index is 13.9. The van der Waals surface area contributed by atoms with Gasteiger partial charge in [0.2, 0.25) is 10.0 Å². The van der Waals surface area contributed by atoms with Crippen molar-refractivity contribution in [1.29, 1.82) is 0 Å². The van der Waals surface area contributed by atoms with Gasteiger partial charge in [-0.3, -0.25) is 4.79 Å². The number of sulfonamides is 1. The standard InChI is InChI=1S/C26H26N4O4S2/c1-2-24(26-27-14-16-35-26)36(33,34)29(19-22-6-3-5-20(17-22)9-12-25(31)32)18-21-7-10-23(11-8-21)30-15-4-13-28-30/h2-8,10-11,13-17,24H,1,9,12,18-19H2,(H,31,32). The first-order chi connectivity index (χ1) is 17.4. The van der Waals surface area contributed by atoms with E-state index in [0.717, 1.165) is 22.4 Å². The van der Waals surface area contributed by atoms with Crippen LogP contribution in [-0.4, -0.2) is 38.6 Å². The van der Waals surface area contributed by atoms with Gasteiger partial charge in [-0.05, 0) is 41.3 Å². The van der Waals surface area contributed by atoms with E-state index in [9.17, 15) is 13.2 Å². The molecule has 1 unspecified atom stereocenters. The van der Waals surface area contributed by atoms with Crippen molar-refractivity contribution >= 4 is 27.3 Å². The third-order valence-electron chi connectivity index (χ3n) is 5.63. The molecule has 36 heavy (non-hydrogen) atoms. The van der Waals surface area contributed by atoms with Gasteiger partial charge in [0.25, 0.3) is 0 Å². The first-order valence-corrected chi connectivity index (χ1v) is 13.6. The van der Waals surface area contributed by atoms with Crippen LogP contribution in [0.15, 0.2) is 91.2 Å². The number of carbonyl (C=O) groups is 1. The molecule has 4 rings (SSSR count). The van der Waals surface area contributed by atoms with Gasteiger partial charge in [-0.25, -0.2) is 18.1 Å². The summed E-state index contributed by atoms with van der Waals surface area (Å²) in [5.74, 6) is -0.875. The summed E-state index contributed by atoms with van der Waals surface area (Å²) >= 11 is 1.27. The second-order valence-corrected chi connectivity index (χ2v) is 11.2. The average Bonchev–Trinajstić information content (AvgIpc) is 3.58. The van der Waals surface area contributed by atoms with Crippen LogP contribution in [0.5, 0.6) is 0 Å². The van der Waals surface area contributed by atoms with E-state index >= 15 is 0 Å². The van der Waals surface area contributed by atoms with Crippen molar-refractivity contribution in [1.82, 2.24) is 19.1 Å². The molecule has 2 aromatic carbocycles. The number of nitrogens with zero attached hydrogens (tertiary/aromatic N) is 4. The summed E-state index contributed by atoms with van der Waals surface area (Å²) in [6.45, 7) is 4.04. The molecule has 0 bridgehead atoms. The zero-order chi connectivity index (χ0) is 25.5. The van der Waals surface area contributed by atoms with Crippen molar-refractivity contribution < 1.29 is 18.3 Å². The Bertz CT molecular complexity index is 1400. The van der Waals surface area contributed by atoms with Gasteiger partial charge in [-0.1, -0.05) is 42.5 Å². The average molecular weight is 523 g/mol. The number of hydrogen-bond acceptors (Lipinski definition) is 6. The van der Waals surface area contributed by atoms with E-state index in [4.69, 9.17) is 5.11 Å². The Balaban J connectivity index is 1.64. The molecule has 0 amide bonds. The van der Waals surface area contributed by atoms with Gasteiger partial charge in [0.1, 0.15) is 10.3 Å². The SMILES string of the molecule is C=CC(c1nccs1)S(=O)(=O)N(Cc1ccc(-n2cccn2)cc1)Cc1cccc(CCC(=O)O)c1. The van der Waals surface area contributed by atoms with Gasteiger partial charge in [0.05, 0.1) is 5.69 Å². The third-order valence-corrected chi connectivity index (χ3v) is 8.68. The Morgan fingerprint density at radius 2 is 1.83 bits per heavy atom. The lowest BCUT2D eigenvalue weighted by atomic mass is 10.1. The molecule has 2 heterocycles. The Morgan fingerprint density at radius 3 is 2.47 bits per heavy atom. The molecule has 0 saturated heterocycles. The van der Waals surface area contributed by atoms with Crippen LogP contribution in [-0.2, 0) is 34.3 Å². The molecule has 0 aliphatic heterocycles. The molecular weight excluding hydrogens is 496 g/mol. The zero-order valence-electron chi connectivity index (χ0n) is 19.5. The van der Waals surface area contributed by atoms with Crippen molar-refractivity contribution in [3.63, 3.8) is 0 Å². The van der Waals surface area contributed by atoms with Crippen LogP contribution in [0, 0.1) is 0 Å². The zero-order valence-corrected chi connectivity index (χ0v) is 21.1. The summed E-state index contributed by atoms with van der Waals surface area (Å²) in [5.41, 5.74) is 3.31. The van der Waals surface area contributed by atoms with Crippen molar-refractivity contribution in [3.05, 3.63) is 113 Å². The number of carboxylic acid groups (broad SMARTS) is 1. The number of rotatable bonds is 12. The van der Waals surface area contributed by atoms with Gasteiger partial charge in [0, 0.05) is 43.5 Å². The van der Waals surface area contributed by atoms with E-state index in [2.05, 4.69) is 16.7 Å². The monoisotopic (exact) mass is 522 g/mol. The number of aliphatic carboxylic acids is 1. The Hall–Kier alpha value is -3.60. The summed E-state index contributed by atoms with van der Waals surface area (Å²) in [5, 5.41) is 14.5. The highest BCUT2D eigenvalue weighted by Crippen LogP contribution is 2.30. The first-order valence-electron chi connectivity index (χ1n) is 11.3. The minimum absolute atomic E-state index is 0.0106. The predicted molar refractivity (Wildman–Crippen MR) is 139 cm³/mol. The van der Waals surface area contributed by atoms with Gasteiger partial charge < -0.3 is 5.11 Å². The van der Waals surface area contributed by atoms with E-state index in [-0.39, 0.29) is 19.5 Å². The van der Waals surface area contributed by atoms with Crippen LogP contribution >= 0.6 is 11.3 Å². The Kier molecular flexibility index (Phi) is 8.09. The second-order valence-electron chi connectivity index (χ2n) is 8.17. The first kappa shape index (κ1) is 25.5. The fourth-order valence-corrected chi connectivity index (χ4v) is 6.52. The third kappa shape index (κ3) is 6.14. The Morgan fingerprint density at radius 1 is 1.08 bits per heavy atom. The lowest BCUT2D eigenvalue weighted by Gasteiger charge is -2.26. The normalized spacial score (nSPS) is 12.5. The molecule has 2 aromatic heterocycles. The molecule has 1 atom stereocenters. The molecule has 4 aromatic rings. The smallest absolute Gasteiger partial charge is 0.303 e. The number of thiazole rings is 1. The van der Waals surface area contributed by atoms with Crippen LogP contribution in [0.2, 0.25) is 0 Å². The van der Waals surface area contributed by atoms with Crippen molar-refractivity contribution in [2.45, 2.75) is 31.2 Å². The van der Waals surface area contributed by atoms with Crippen LogP contribution in [0.4, 0.5) is 0 Å². The predicted octanol–water partition coefficient (Wildman–Crippen LogP) is 4.61. The summed E-state index contributed by atoms with van der Waals surface area (Å²) in [6.07, 6.45) is 6.91. The molecule has 1 N–H and O–H groups in total. The van der Waals surface area contributed by atoms with Crippen LogP contribution in [0.25, 0.3) is 5.69 Å². The van der Waals surface area contributed by atoms with Crippen molar-refractivity contribution in [3.8, 4) is 5.69 Å². The molecule has 0 aliphatic carbocycles. The molecule has 0 spiro atoms. The van der Waals surface area contributed by atoms with Gasteiger partial charge >= 0.3 is 5.97 Å². The fraction of sp³-hybridized carbons (Fsp3) is 0.192. The summed E-state index contributed by atoms with van der Waals surface area (Å²) in [6, 6.07) is 16.8. The van der Waals surface area contributed by atoms with Crippen molar-refractivity contribution in [2.75, 3.05) is 0 Å². The summed E-state index contributed by atoms with van der Waals surface area (Å²) in [4.78, 5) is 15.2. The number of aryl methyl sites for hydroxylation is 1. The maximum atomic E-state index is 13.9. The number of hydrogen-bond donors (Lipinski definition) is 1. The van der Waals surface area contributed by atoms with E-state index in [1.807, 2.05) is 60.8 Å². The van der Waals surface area contributed by atoms with E-state index in [1.54, 1.807) is 22.5 Å². The van der Waals surface area contributed by atoms with Gasteiger partial charge in [-0.2, -0.15) is 9.40 Å². The highest BCUT2D eigenvalue weighted by atomic mass is 32.2. The molecule has 10 heteroatoms. The van der Waals surface area contributed by atoms with E-state index in [0.29, 0.717) is 11.4 Å². The second kappa shape index (κ2) is 11.4. The molecular formula is C26H26N4O4S2. The van der Waals surface area contributed by atoms with Gasteiger partial charge in [0.15, 0.2) is 0 Å². The van der Waals surface area contributed by atoms with Crippen LogP contribution in [0.1, 0.15) is 33.4 Å². The highest BCUT2D eigenvalue weighted by Gasteiger charge is 2.33. The van der Waals surface area contributed by atoms with E-state index < -0.39 is 21.2 Å². The maximum Gasteiger partial charge on any atom is 0.303 e. The quantitative estimate of drug-likeness (QED) is 0.273. The highest BCUT2D eigenvalue weighted by molar-refractivity contribution is 7.89. The molecule has 0 aliphatic rings. The molecule has 186 valence electrons. The molecule has 0 saturated carbocycles. The Labute approximate surface area is 214 Å². The van der Waals surface area contributed by atoms with Crippen molar-refractivity contribution in [2.24, 2.45) is 0 Å². The minimum atomic E-state index is -3.87. The minimum Gasteiger partial charge on any atom is -0.481 e. The fourth-order valence-electron chi connectivity index (χ4n) is 3.84. The summed E-state index contributed by atoms with van der Waals surface area (Å²) in [7, 11) is -3.87. The lowest BCUT2D eigenvalue weighted by molar-refractivity contribution is -0.136. The number of carboxylic acids is 1. The topological polar surface area (TPSA) is 105 Å². The molecule has 0 fully saturated rings. The number of benzene rings is 2. The largest absolute Gasteiger partial charge is 0.481 e. The van der Waals surface area contributed by atoms with Gasteiger partial charge in [-0.15, -0.1) is 17.9 Å². The molecule has 0 radical (unpaired) electrons. The van der Waals surface area contributed by atoms with E-state index in [1.165, 1.54) is 21.7 Å². The molecule has 8 nitrogen and oxygen atoms in total. The number of aromatic nitrogens is 3. The lowest BCUT2D eigenvalue weighted by Crippen LogP contribution is -2.33. The van der Waals surface area contributed by atoms with Crippen LogP contribution < -0.4 is 0 Å².